The number of fused-ring (bicyclic) bond motifs is 3. The molecule has 0 spiro atoms. The lowest BCUT2D eigenvalue weighted by atomic mass is 9.81. The van der Waals surface area contributed by atoms with Crippen LogP contribution < -0.4 is 15.0 Å². The lowest BCUT2D eigenvalue weighted by molar-refractivity contribution is 0.167. The summed E-state index contributed by atoms with van der Waals surface area (Å²) in [6, 6.07) is 12.5. The molecule has 7 heteroatoms. The Labute approximate surface area is 177 Å². The first-order chi connectivity index (χ1) is 14.2. The van der Waals surface area contributed by atoms with Crippen molar-refractivity contribution in [3.05, 3.63) is 53.6 Å². The minimum absolute atomic E-state index is 0.0179. The number of carbonyl (C=O) groups excluding carboxylic acids is 2. The third-order valence-electron chi connectivity index (χ3n) is 6.39. The molecule has 0 aliphatic carbocycles. The van der Waals surface area contributed by atoms with Crippen LogP contribution in [0.2, 0.25) is 0 Å². The number of likely N-dealkylation sites (tertiary alicyclic amines) is 1. The van der Waals surface area contributed by atoms with Gasteiger partial charge in [0.15, 0.2) is 0 Å². The second kappa shape index (κ2) is 7.32. The Balaban J connectivity index is 1.47. The summed E-state index contributed by atoms with van der Waals surface area (Å²) in [5.41, 5.74) is 4.02. The molecule has 0 aromatic heterocycles. The molecule has 4 rings (SSSR count). The Bertz CT molecular complexity index is 990. The quantitative estimate of drug-likeness (QED) is 0.813. The van der Waals surface area contributed by atoms with E-state index in [-0.39, 0.29) is 5.41 Å². The van der Waals surface area contributed by atoms with Gasteiger partial charge in [0, 0.05) is 37.4 Å². The maximum Gasteiger partial charge on any atom is 0.423 e. The number of anilines is 2. The molecule has 1 saturated heterocycles. The Kier molecular flexibility index (Phi) is 4.94. The molecule has 2 aliphatic rings. The summed E-state index contributed by atoms with van der Waals surface area (Å²) in [5.74, 6) is 0.443. The van der Waals surface area contributed by atoms with Crippen molar-refractivity contribution in [2.45, 2.75) is 31.8 Å². The van der Waals surface area contributed by atoms with E-state index in [2.05, 4.69) is 36.1 Å². The van der Waals surface area contributed by atoms with Crippen LogP contribution >= 0.6 is 0 Å². The first-order valence-corrected chi connectivity index (χ1v) is 10.1. The molecular weight excluding hydrogens is 380 g/mol. The van der Waals surface area contributed by atoms with E-state index < -0.39 is 12.1 Å². The summed E-state index contributed by atoms with van der Waals surface area (Å²) in [4.78, 5) is 30.5. The van der Waals surface area contributed by atoms with E-state index in [1.807, 2.05) is 31.2 Å². The standard InChI is InChI=1S/C23H28N4O3/c1-15-6-8-16(9-7-15)24-21(28)27(5)22(29)30-17-10-11-19-18(14-17)23(2)12-13-25(3)20(23)26(19)4/h6-11,14,20H,12-13H2,1-5H3,(H,24,28)/t20-,23+/m1/s1. The van der Waals surface area contributed by atoms with Crippen molar-refractivity contribution in [2.75, 3.05) is 37.9 Å². The summed E-state index contributed by atoms with van der Waals surface area (Å²) in [6.45, 7) is 5.25. The van der Waals surface area contributed by atoms with E-state index >= 15 is 0 Å². The number of amides is 3. The van der Waals surface area contributed by atoms with E-state index in [1.54, 1.807) is 18.2 Å². The van der Waals surface area contributed by atoms with E-state index in [4.69, 9.17) is 4.74 Å². The first kappa shape index (κ1) is 20.2. The number of carbonyl (C=O) groups is 2. The van der Waals surface area contributed by atoms with Crippen LogP contribution in [-0.2, 0) is 5.41 Å². The van der Waals surface area contributed by atoms with E-state index in [0.717, 1.165) is 29.1 Å². The van der Waals surface area contributed by atoms with Gasteiger partial charge in [0.1, 0.15) is 5.75 Å². The van der Waals surface area contributed by atoms with Gasteiger partial charge in [-0.3, -0.25) is 4.90 Å². The Morgan fingerprint density at radius 2 is 1.87 bits per heavy atom. The van der Waals surface area contributed by atoms with Crippen LogP contribution in [0.5, 0.6) is 5.75 Å². The van der Waals surface area contributed by atoms with Gasteiger partial charge in [-0.2, -0.15) is 0 Å². The molecule has 2 aromatic rings. The van der Waals surface area contributed by atoms with Crippen molar-refractivity contribution < 1.29 is 14.3 Å². The summed E-state index contributed by atoms with van der Waals surface area (Å²) < 4.78 is 5.53. The molecule has 2 heterocycles. The van der Waals surface area contributed by atoms with Crippen molar-refractivity contribution in [3.63, 3.8) is 0 Å². The van der Waals surface area contributed by atoms with Crippen LogP contribution in [0.3, 0.4) is 0 Å². The van der Waals surface area contributed by atoms with Crippen LogP contribution in [0.25, 0.3) is 0 Å². The van der Waals surface area contributed by atoms with E-state index in [9.17, 15) is 9.59 Å². The van der Waals surface area contributed by atoms with Crippen molar-refractivity contribution in [1.29, 1.82) is 0 Å². The molecule has 7 nitrogen and oxygen atoms in total. The lowest BCUT2D eigenvalue weighted by Crippen LogP contribution is -2.45. The molecule has 1 fully saturated rings. The smallest absolute Gasteiger partial charge is 0.410 e. The number of rotatable bonds is 2. The fraction of sp³-hybridized carbons (Fsp3) is 0.391. The number of nitrogens with one attached hydrogen (secondary N) is 1. The summed E-state index contributed by atoms with van der Waals surface area (Å²) in [7, 11) is 5.64. The molecule has 30 heavy (non-hydrogen) atoms. The fourth-order valence-corrected chi connectivity index (χ4v) is 4.72. The van der Waals surface area contributed by atoms with Crippen LogP contribution in [0.1, 0.15) is 24.5 Å². The first-order valence-electron chi connectivity index (χ1n) is 10.1. The number of urea groups is 1. The minimum Gasteiger partial charge on any atom is -0.410 e. The number of ether oxygens (including phenoxy) is 1. The van der Waals surface area contributed by atoms with Crippen LogP contribution in [0, 0.1) is 6.92 Å². The van der Waals surface area contributed by atoms with Gasteiger partial charge >= 0.3 is 12.1 Å². The Hall–Kier alpha value is -3.06. The maximum atomic E-state index is 12.5. The van der Waals surface area contributed by atoms with E-state index in [1.165, 1.54) is 12.6 Å². The van der Waals surface area contributed by atoms with Crippen molar-refractivity contribution in [3.8, 4) is 5.75 Å². The molecule has 2 aromatic carbocycles. The van der Waals surface area contributed by atoms with Gasteiger partial charge in [0.25, 0.3) is 0 Å². The summed E-state index contributed by atoms with van der Waals surface area (Å²) >= 11 is 0. The molecule has 2 aliphatic heterocycles. The highest BCUT2D eigenvalue weighted by Gasteiger charge is 2.52. The van der Waals surface area contributed by atoms with Gasteiger partial charge in [-0.15, -0.1) is 0 Å². The molecule has 2 atom stereocenters. The number of hydrogen-bond acceptors (Lipinski definition) is 5. The fourth-order valence-electron chi connectivity index (χ4n) is 4.72. The van der Waals surface area contributed by atoms with Crippen molar-refractivity contribution in [1.82, 2.24) is 9.80 Å². The van der Waals surface area contributed by atoms with Gasteiger partial charge in [-0.25, -0.2) is 14.5 Å². The topological polar surface area (TPSA) is 65.1 Å². The monoisotopic (exact) mass is 408 g/mol. The highest BCUT2D eigenvalue weighted by atomic mass is 16.6. The third kappa shape index (κ3) is 3.29. The normalized spacial score (nSPS) is 22.4. The number of aryl methyl sites for hydroxylation is 1. The second-order valence-corrected chi connectivity index (χ2v) is 8.53. The van der Waals surface area contributed by atoms with Gasteiger partial charge in [0.2, 0.25) is 0 Å². The van der Waals surface area contributed by atoms with Crippen LogP contribution in [0.15, 0.2) is 42.5 Å². The minimum atomic E-state index is -0.726. The average Bonchev–Trinajstić information content (AvgIpc) is 3.14. The zero-order chi connectivity index (χ0) is 21.6. The number of benzene rings is 2. The number of nitrogens with zero attached hydrogens (tertiary/aromatic N) is 3. The van der Waals surface area contributed by atoms with Crippen LogP contribution in [0.4, 0.5) is 21.0 Å². The number of likely N-dealkylation sites (N-methyl/N-ethyl adjacent to an activating group) is 2. The maximum absolute atomic E-state index is 12.5. The molecule has 1 N–H and O–H groups in total. The number of imide groups is 1. The predicted octanol–water partition coefficient (Wildman–Crippen LogP) is 4.03. The predicted molar refractivity (Wildman–Crippen MR) is 117 cm³/mol. The number of hydrogen-bond donors (Lipinski definition) is 1. The highest BCUT2D eigenvalue weighted by molar-refractivity contribution is 5.99. The largest absolute Gasteiger partial charge is 0.423 e. The molecule has 0 saturated carbocycles. The lowest BCUT2D eigenvalue weighted by Gasteiger charge is -2.32. The molecular formula is C23H28N4O3. The molecule has 158 valence electrons. The van der Waals surface area contributed by atoms with Crippen molar-refractivity contribution in [2.24, 2.45) is 0 Å². The highest BCUT2D eigenvalue weighted by Crippen LogP contribution is 2.51. The third-order valence-corrected chi connectivity index (χ3v) is 6.39. The zero-order valence-electron chi connectivity index (χ0n) is 18.1. The van der Waals surface area contributed by atoms with Gasteiger partial charge in [-0.05, 0) is 56.3 Å². The zero-order valence-corrected chi connectivity index (χ0v) is 18.1. The molecule has 0 radical (unpaired) electrons. The SMILES string of the molecule is Cc1ccc(NC(=O)N(C)C(=O)Oc2ccc3c(c2)[C@]2(C)CCN(C)[C@@H]2N3C)cc1. The summed E-state index contributed by atoms with van der Waals surface area (Å²) in [6.07, 6.45) is 0.611. The Morgan fingerprint density at radius 3 is 2.57 bits per heavy atom. The average molecular weight is 409 g/mol. The molecule has 3 amide bonds. The van der Waals surface area contributed by atoms with Gasteiger partial charge < -0.3 is 15.0 Å². The summed E-state index contributed by atoms with van der Waals surface area (Å²) in [5, 5.41) is 2.70. The Morgan fingerprint density at radius 1 is 1.17 bits per heavy atom. The van der Waals surface area contributed by atoms with Gasteiger partial charge in [-0.1, -0.05) is 24.6 Å². The second-order valence-electron chi connectivity index (χ2n) is 8.53. The molecule has 0 bridgehead atoms. The van der Waals surface area contributed by atoms with Gasteiger partial charge in [0.05, 0.1) is 6.17 Å². The van der Waals surface area contributed by atoms with E-state index in [0.29, 0.717) is 17.6 Å². The van der Waals surface area contributed by atoms with Crippen LogP contribution in [-0.4, -0.2) is 55.8 Å². The van der Waals surface area contributed by atoms with Crippen molar-refractivity contribution >= 4 is 23.5 Å². The molecule has 0 unspecified atom stereocenters.